The van der Waals surface area contributed by atoms with Crippen LogP contribution >= 0.6 is 0 Å². The predicted molar refractivity (Wildman–Crippen MR) is 68.6 cm³/mol. The molecule has 0 aliphatic carbocycles. The summed E-state index contributed by atoms with van der Waals surface area (Å²) >= 11 is 0. The van der Waals surface area contributed by atoms with Crippen LogP contribution in [0.5, 0.6) is 0 Å². The van der Waals surface area contributed by atoms with Crippen molar-refractivity contribution in [3.63, 3.8) is 0 Å². The minimum Gasteiger partial charge on any atom is -0.368 e. The maximum atomic E-state index is 12.2. The normalized spacial score (nSPS) is 21.2. The van der Waals surface area contributed by atoms with Gasteiger partial charge in [0, 0.05) is 25.3 Å². The van der Waals surface area contributed by atoms with E-state index in [4.69, 9.17) is 4.74 Å². The van der Waals surface area contributed by atoms with Gasteiger partial charge in [-0.1, -0.05) is 0 Å². The van der Waals surface area contributed by atoms with Crippen LogP contribution in [0.1, 0.15) is 18.3 Å². The first-order valence-corrected chi connectivity index (χ1v) is 6.46. The molecule has 1 fully saturated rings. The first-order chi connectivity index (χ1) is 8.60. The predicted octanol–water partition coefficient (Wildman–Crippen LogP) is 0.654. The summed E-state index contributed by atoms with van der Waals surface area (Å²) in [5, 5.41) is 4.36. The molecule has 0 N–H and O–H groups in total. The Morgan fingerprint density at radius 2 is 2.39 bits per heavy atom. The fourth-order valence-electron chi connectivity index (χ4n) is 2.28. The molecule has 1 atom stereocenters. The van der Waals surface area contributed by atoms with Gasteiger partial charge in [0.2, 0.25) is 0 Å². The maximum absolute atomic E-state index is 12.2. The van der Waals surface area contributed by atoms with Gasteiger partial charge >= 0.3 is 0 Å². The van der Waals surface area contributed by atoms with Crippen LogP contribution in [0.15, 0.2) is 6.07 Å². The Bertz CT molecular complexity index is 428. The van der Waals surface area contributed by atoms with Crippen LogP contribution in [0, 0.1) is 6.92 Å². The number of Topliss-reactive ketones (excluding diaryl/α,β-unsaturated/α-hetero) is 1. The minimum atomic E-state index is -0.288. The van der Waals surface area contributed by atoms with Gasteiger partial charge in [-0.05, 0) is 27.0 Å². The minimum absolute atomic E-state index is 0.149. The number of ketones is 1. The third-order valence-corrected chi connectivity index (χ3v) is 3.27. The van der Waals surface area contributed by atoms with Crippen molar-refractivity contribution >= 4 is 5.78 Å². The molecule has 5 nitrogen and oxygen atoms in total. The summed E-state index contributed by atoms with van der Waals surface area (Å²) in [5.74, 6) is 0.149. The average molecular weight is 251 g/mol. The van der Waals surface area contributed by atoms with E-state index in [1.165, 1.54) is 0 Å². The van der Waals surface area contributed by atoms with Gasteiger partial charge in [-0.25, -0.2) is 0 Å². The monoisotopic (exact) mass is 251 g/mol. The largest absolute Gasteiger partial charge is 0.368 e. The molecule has 0 amide bonds. The van der Waals surface area contributed by atoms with Gasteiger partial charge < -0.3 is 9.64 Å². The third-order valence-electron chi connectivity index (χ3n) is 3.27. The molecule has 100 valence electrons. The van der Waals surface area contributed by atoms with Crippen LogP contribution in [0.25, 0.3) is 0 Å². The van der Waals surface area contributed by atoms with Gasteiger partial charge in [0.15, 0.2) is 5.78 Å². The number of ether oxygens (including phenoxy) is 1. The van der Waals surface area contributed by atoms with Crippen molar-refractivity contribution in [2.24, 2.45) is 0 Å². The first-order valence-electron chi connectivity index (χ1n) is 6.46. The Morgan fingerprint density at radius 3 is 3.06 bits per heavy atom. The van der Waals surface area contributed by atoms with Gasteiger partial charge in [0.05, 0.1) is 18.7 Å². The summed E-state index contributed by atoms with van der Waals surface area (Å²) in [5.41, 5.74) is 1.94. The van der Waals surface area contributed by atoms with Gasteiger partial charge in [-0.2, -0.15) is 5.10 Å². The number of nitrogens with zero attached hydrogens (tertiary/aromatic N) is 3. The Morgan fingerprint density at radius 1 is 1.61 bits per heavy atom. The molecule has 2 heterocycles. The molecule has 1 saturated heterocycles. The summed E-state index contributed by atoms with van der Waals surface area (Å²) in [6.45, 7) is 7.00. The SMILES string of the molecule is CCn1nc(C)cc1CC(=O)C1CN(C)CCO1. The number of likely N-dealkylation sites (N-methyl/N-ethyl adjacent to an activating group) is 1. The van der Waals surface area contributed by atoms with Gasteiger partial charge in [-0.3, -0.25) is 9.48 Å². The quantitative estimate of drug-likeness (QED) is 0.788. The smallest absolute Gasteiger partial charge is 0.168 e. The molecule has 1 aromatic heterocycles. The molecule has 0 saturated carbocycles. The van der Waals surface area contributed by atoms with Crippen LogP contribution in [0.4, 0.5) is 0 Å². The van der Waals surface area contributed by atoms with Crippen molar-refractivity contribution in [1.29, 1.82) is 0 Å². The average Bonchev–Trinajstić information content (AvgIpc) is 2.69. The lowest BCUT2D eigenvalue weighted by Gasteiger charge is -2.29. The highest BCUT2D eigenvalue weighted by molar-refractivity contribution is 5.85. The standard InChI is InChI=1S/C13H21N3O2/c1-4-16-11(7-10(2)14-16)8-12(17)13-9-15(3)5-6-18-13/h7,13H,4-6,8-9H2,1-3H3. The fraction of sp³-hybridized carbons (Fsp3) is 0.692. The lowest BCUT2D eigenvalue weighted by Crippen LogP contribution is -2.44. The highest BCUT2D eigenvalue weighted by atomic mass is 16.5. The molecule has 5 heteroatoms. The van der Waals surface area contributed by atoms with E-state index in [0.717, 1.165) is 24.5 Å². The molecule has 2 rings (SSSR count). The molecule has 0 bridgehead atoms. The van der Waals surface area contributed by atoms with E-state index in [9.17, 15) is 4.79 Å². The summed E-state index contributed by atoms with van der Waals surface area (Å²) in [6, 6.07) is 1.98. The maximum Gasteiger partial charge on any atom is 0.168 e. The summed E-state index contributed by atoms with van der Waals surface area (Å²) in [7, 11) is 2.02. The summed E-state index contributed by atoms with van der Waals surface area (Å²) in [4.78, 5) is 14.3. The molecular formula is C13H21N3O2. The Balaban J connectivity index is 2.01. The lowest BCUT2D eigenvalue weighted by atomic mass is 10.1. The van der Waals surface area contributed by atoms with Crippen LogP contribution in [-0.2, 0) is 22.5 Å². The zero-order chi connectivity index (χ0) is 13.1. The molecule has 1 aliphatic heterocycles. The molecule has 0 radical (unpaired) electrons. The topological polar surface area (TPSA) is 47.4 Å². The number of hydrogen-bond donors (Lipinski definition) is 0. The van der Waals surface area contributed by atoms with Crippen molar-refractivity contribution in [2.75, 3.05) is 26.7 Å². The van der Waals surface area contributed by atoms with Crippen molar-refractivity contribution < 1.29 is 9.53 Å². The van der Waals surface area contributed by atoms with E-state index < -0.39 is 0 Å². The molecular weight excluding hydrogens is 230 g/mol. The fourth-order valence-corrected chi connectivity index (χ4v) is 2.28. The highest BCUT2D eigenvalue weighted by Gasteiger charge is 2.25. The van der Waals surface area contributed by atoms with E-state index in [1.54, 1.807) is 0 Å². The van der Waals surface area contributed by atoms with Crippen LogP contribution in [-0.4, -0.2) is 53.3 Å². The van der Waals surface area contributed by atoms with Crippen molar-refractivity contribution in [3.05, 3.63) is 17.5 Å². The zero-order valence-electron chi connectivity index (χ0n) is 11.3. The van der Waals surface area contributed by atoms with E-state index in [-0.39, 0.29) is 11.9 Å². The molecule has 18 heavy (non-hydrogen) atoms. The molecule has 0 aromatic carbocycles. The number of morpholine rings is 1. The van der Waals surface area contributed by atoms with E-state index in [2.05, 4.69) is 10.00 Å². The second-order valence-corrected chi connectivity index (χ2v) is 4.86. The van der Waals surface area contributed by atoms with Crippen LogP contribution in [0.2, 0.25) is 0 Å². The van der Waals surface area contributed by atoms with Crippen molar-refractivity contribution in [3.8, 4) is 0 Å². The van der Waals surface area contributed by atoms with E-state index >= 15 is 0 Å². The first kappa shape index (κ1) is 13.2. The van der Waals surface area contributed by atoms with E-state index in [0.29, 0.717) is 19.6 Å². The van der Waals surface area contributed by atoms with Gasteiger partial charge in [0.25, 0.3) is 0 Å². The molecule has 1 aliphatic rings. The number of rotatable bonds is 4. The second-order valence-electron chi connectivity index (χ2n) is 4.86. The van der Waals surface area contributed by atoms with Crippen molar-refractivity contribution in [2.45, 2.75) is 32.9 Å². The highest BCUT2D eigenvalue weighted by Crippen LogP contribution is 2.10. The number of aryl methyl sites for hydroxylation is 2. The Labute approximate surface area is 108 Å². The molecule has 1 unspecified atom stereocenters. The van der Waals surface area contributed by atoms with Gasteiger partial charge in [0.1, 0.15) is 6.10 Å². The lowest BCUT2D eigenvalue weighted by molar-refractivity contribution is -0.134. The molecule has 0 spiro atoms. The van der Waals surface area contributed by atoms with Crippen LogP contribution < -0.4 is 0 Å². The van der Waals surface area contributed by atoms with Gasteiger partial charge in [-0.15, -0.1) is 0 Å². The van der Waals surface area contributed by atoms with E-state index in [1.807, 2.05) is 31.6 Å². The number of carbonyl (C=O) groups excluding carboxylic acids is 1. The Kier molecular flexibility index (Phi) is 4.14. The number of carbonyl (C=O) groups is 1. The molecule has 1 aromatic rings. The zero-order valence-corrected chi connectivity index (χ0v) is 11.3. The summed E-state index contributed by atoms with van der Waals surface area (Å²) < 4.78 is 7.43. The van der Waals surface area contributed by atoms with Crippen molar-refractivity contribution in [1.82, 2.24) is 14.7 Å². The number of hydrogen-bond acceptors (Lipinski definition) is 4. The Hall–Kier alpha value is -1.20. The number of aromatic nitrogens is 2. The summed E-state index contributed by atoms with van der Waals surface area (Å²) in [6.07, 6.45) is 0.122. The third kappa shape index (κ3) is 2.97. The second kappa shape index (κ2) is 5.63. The van der Waals surface area contributed by atoms with Crippen LogP contribution in [0.3, 0.4) is 0 Å².